The molecular formula is C12H17NO3. The van der Waals surface area contributed by atoms with Gasteiger partial charge in [-0.3, -0.25) is 4.79 Å². The van der Waals surface area contributed by atoms with Crippen LogP contribution in [0.5, 0.6) is 5.75 Å². The number of carboxylic acids is 1. The van der Waals surface area contributed by atoms with Gasteiger partial charge in [-0.15, -0.1) is 0 Å². The van der Waals surface area contributed by atoms with Gasteiger partial charge in [-0.25, -0.2) is 0 Å². The first kappa shape index (κ1) is 12.5. The molecule has 0 aliphatic rings. The van der Waals surface area contributed by atoms with Crippen molar-refractivity contribution in [2.45, 2.75) is 26.3 Å². The van der Waals surface area contributed by atoms with Crippen LogP contribution in [-0.4, -0.2) is 24.2 Å². The van der Waals surface area contributed by atoms with Gasteiger partial charge in [0, 0.05) is 6.42 Å². The van der Waals surface area contributed by atoms with Crippen LogP contribution in [0, 0.1) is 13.8 Å². The maximum atomic E-state index is 10.7. The number of carbonyl (C=O) groups is 1. The van der Waals surface area contributed by atoms with Gasteiger partial charge in [0.1, 0.15) is 11.8 Å². The average Bonchev–Trinajstić information content (AvgIpc) is 2.23. The second-order valence-electron chi connectivity index (χ2n) is 3.85. The molecule has 0 fully saturated rings. The van der Waals surface area contributed by atoms with E-state index in [9.17, 15) is 4.79 Å². The smallest absolute Gasteiger partial charge is 0.320 e. The number of aryl methyl sites for hydroxylation is 1. The van der Waals surface area contributed by atoms with Crippen LogP contribution >= 0.6 is 0 Å². The van der Waals surface area contributed by atoms with Gasteiger partial charge in [-0.05, 0) is 30.5 Å². The molecule has 1 atom stereocenters. The summed E-state index contributed by atoms with van der Waals surface area (Å²) in [6.45, 7) is 3.93. The molecule has 0 aliphatic carbocycles. The molecule has 0 amide bonds. The number of hydrogen-bond donors (Lipinski definition) is 2. The topological polar surface area (TPSA) is 72.5 Å². The maximum absolute atomic E-state index is 10.7. The van der Waals surface area contributed by atoms with Crippen LogP contribution in [0.2, 0.25) is 0 Å². The van der Waals surface area contributed by atoms with Gasteiger partial charge in [0.05, 0.1) is 7.11 Å². The molecule has 16 heavy (non-hydrogen) atoms. The molecule has 4 nitrogen and oxygen atoms in total. The quantitative estimate of drug-likeness (QED) is 0.806. The van der Waals surface area contributed by atoms with Crippen LogP contribution in [-0.2, 0) is 11.2 Å². The third-order valence-electron chi connectivity index (χ3n) is 2.72. The minimum Gasteiger partial charge on any atom is -0.496 e. The Morgan fingerprint density at radius 1 is 1.50 bits per heavy atom. The van der Waals surface area contributed by atoms with Crippen LogP contribution in [0.3, 0.4) is 0 Å². The lowest BCUT2D eigenvalue weighted by atomic mass is 9.99. The van der Waals surface area contributed by atoms with E-state index >= 15 is 0 Å². The first-order valence-electron chi connectivity index (χ1n) is 5.08. The lowest BCUT2D eigenvalue weighted by molar-refractivity contribution is -0.138. The molecule has 1 rings (SSSR count). The van der Waals surface area contributed by atoms with Crippen LogP contribution in [0.15, 0.2) is 12.1 Å². The lowest BCUT2D eigenvalue weighted by Crippen LogP contribution is -2.32. The Balaban J connectivity index is 3.05. The zero-order chi connectivity index (χ0) is 12.3. The molecule has 0 heterocycles. The van der Waals surface area contributed by atoms with E-state index < -0.39 is 12.0 Å². The fraction of sp³-hybridized carbons (Fsp3) is 0.417. The van der Waals surface area contributed by atoms with Gasteiger partial charge in [-0.1, -0.05) is 12.1 Å². The first-order valence-corrected chi connectivity index (χ1v) is 5.08. The lowest BCUT2D eigenvalue weighted by Gasteiger charge is -2.14. The van der Waals surface area contributed by atoms with Crippen molar-refractivity contribution in [3.05, 3.63) is 28.8 Å². The summed E-state index contributed by atoms with van der Waals surface area (Å²) in [5.74, 6) is -0.267. The summed E-state index contributed by atoms with van der Waals surface area (Å²) in [5, 5.41) is 8.76. The summed E-state index contributed by atoms with van der Waals surface area (Å²) in [4.78, 5) is 10.7. The minimum absolute atomic E-state index is 0.277. The largest absolute Gasteiger partial charge is 0.496 e. The minimum atomic E-state index is -1.000. The van der Waals surface area contributed by atoms with E-state index in [0.29, 0.717) is 0 Å². The van der Waals surface area contributed by atoms with E-state index in [1.165, 1.54) is 0 Å². The van der Waals surface area contributed by atoms with Crippen LogP contribution < -0.4 is 10.5 Å². The number of ether oxygens (including phenoxy) is 1. The Kier molecular flexibility index (Phi) is 3.90. The number of hydrogen-bond acceptors (Lipinski definition) is 3. The zero-order valence-electron chi connectivity index (χ0n) is 9.78. The Labute approximate surface area is 95.0 Å². The standard InChI is InChI=1S/C12H17NO3/c1-7-4-5-9(6-10(13)12(14)15)11(16-3)8(7)2/h4-5,10H,6,13H2,1-3H3,(H,14,15). The van der Waals surface area contributed by atoms with Crippen LogP contribution in [0.1, 0.15) is 16.7 Å². The van der Waals surface area contributed by atoms with E-state index in [-0.39, 0.29) is 6.42 Å². The molecule has 4 heteroatoms. The highest BCUT2D eigenvalue weighted by molar-refractivity contribution is 5.73. The van der Waals surface area contributed by atoms with Gasteiger partial charge in [0.25, 0.3) is 0 Å². The molecule has 1 aromatic carbocycles. The zero-order valence-corrected chi connectivity index (χ0v) is 9.78. The van der Waals surface area contributed by atoms with Crippen molar-refractivity contribution in [3.63, 3.8) is 0 Å². The second-order valence-corrected chi connectivity index (χ2v) is 3.85. The average molecular weight is 223 g/mol. The predicted octanol–water partition coefficient (Wildman–Crippen LogP) is 1.27. The van der Waals surface area contributed by atoms with E-state index in [2.05, 4.69) is 0 Å². The summed E-state index contributed by atoms with van der Waals surface area (Å²) < 4.78 is 5.29. The highest BCUT2D eigenvalue weighted by Crippen LogP contribution is 2.26. The number of rotatable bonds is 4. The molecule has 0 aliphatic heterocycles. The molecule has 0 saturated heterocycles. The van der Waals surface area contributed by atoms with Crippen molar-refractivity contribution in [2.24, 2.45) is 5.73 Å². The summed E-state index contributed by atoms with van der Waals surface area (Å²) in [6, 6.07) is 2.92. The van der Waals surface area contributed by atoms with Gasteiger partial charge in [0.2, 0.25) is 0 Å². The molecule has 0 aromatic heterocycles. The Hall–Kier alpha value is -1.55. The van der Waals surface area contributed by atoms with Crippen molar-refractivity contribution >= 4 is 5.97 Å². The van der Waals surface area contributed by atoms with E-state index in [1.54, 1.807) is 7.11 Å². The highest BCUT2D eigenvalue weighted by atomic mass is 16.5. The monoisotopic (exact) mass is 223 g/mol. The number of methoxy groups -OCH3 is 1. The van der Waals surface area contributed by atoms with E-state index in [0.717, 1.165) is 22.4 Å². The second kappa shape index (κ2) is 4.99. The summed E-state index contributed by atoms with van der Waals surface area (Å²) in [7, 11) is 1.58. The van der Waals surface area contributed by atoms with Crippen molar-refractivity contribution < 1.29 is 14.6 Å². The number of aliphatic carboxylic acids is 1. The molecular weight excluding hydrogens is 206 g/mol. The van der Waals surface area contributed by atoms with Crippen molar-refractivity contribution in [3.8, 4) is 5.75 Å². The van der Waals surface area contributed by atoms with E-state index in [4.69, 9.17) is 15.6 Å². The molecule has 0 saturated carbocycles. The molecule has 88 valence electrons. The summed E-state index contributed by atoms with van der Waals surface area (Å²) in [5.41, 5.74) is 8.48. The number of benzene rings is 1. The van der Waals surface area contributed by atoms with Crippen molar-refractivity contribution in [1.82, 2.24) is 0 Å². The summed E-state index contributed by atoms with van der Waals surface area (Å²) >= 11 is 0. The van der Waals surface area contributed by atoms with Crippen LogP contribution in [0.4, 0.5) is 0 Å². The highest BCUT2D eigenvalue weighted by Gasteiger charge is 2.16. The third kappa shape index (κ3) is 2.52. The Morgan fingerprint density at radius 2 is 2.12 bits per heavy atom. The molecule has 0 bridgehead atoms. The maximum Gasteiger partial charge on any atom is 0.320 e. The molecule has 1 unspecified atom stereocenters. The normalized spacial score (nSPS) is 12.2. The number of nitrogens with two attached hydrogens (primary N) is 1. The first-order chi connectivity index (χ1) is 7.47. The molecule has 0 radical (unpaired) electrons. The van der Waals surface area contributed by atoms with Gasteiger partial charge < -0.3 is 15.6 Å². The SMILES string of the molecule is COc1c(CC(N)C(=O)O)ccc(C)c1C. The van der Waals surface area contributed by atoms with E-state index in [1.807, 2.05) is 26.0 Å². The van der Waals surface area contributed by atoms with Crippen molar-refractivity contribution in [1.29, 1.82) is 0 Å². The van der Waals surface area contributed by atoms with Gasteiger partial charge in [0.15, 0.2) is 0 Å². The summed E-state index contributed by atoms with van der Waals surface area (Å²) in [6.07, 6.45) is 0.277. The fourth-order valence-corrected chi connectivity index (χ4v) is 1.62. The third-order valence-corrected chi connectivity index (χ3v) is 2.72. The van der Waals surface area contributed by atoms with Gasteiger partial charge >= 0.3 is 5.97 Å². The number of carboxylic acid groups (broad SMARTS) is 1. The molecule has 1 aromatic rings. The van der Waals surface area contributed by atoms with Crippen LogP contribution in [0.25, 0.3) is 0 Å². The van der Waals surface area contributed by atoms with Gasteiger partial charge in [-0.2, -0.15) is 0 Å². The molecule has 3 N–H and O–H groups in total. The fourth-order valence-electron chi connectivity index (χ4n) is 1.62. The Morgan fingerprint density at radius 3 is 2.62 bits per heavy atom. The Bertz CT molecular complexity index is 401. The predicted molar refractivity (Wildman–Crippen MR) is 61.8 cm³/mol. The van der Waals surface area contributed by atoms with Crippen molar-refractivity contribution in [2.75, 3.05) is 7.11 Å². The molecule has 0 spiro atoms.